The van der Waals surface area contributed by atoms with Gasteiger partial charge in [0.25, 0.3) is 0 Å². The molecule has 2 rings (SSSR count). The summed E-state index contributed by atoms with van der Waals surface area (Å²) in [7, 11) is 1.66. The van der Waals surface area contributed by atoms with Crippen molar-refractivity contribution in [2.45, 2.75) is 52.1 Å². The Morgan fingerprint density at radius 2 is 1.96 bits per heavy atom. The van der Waals surface area contributed by atoms with Gasteiger partial charge < -0.3 is 20.1 Å². The number of aliphatic imine (C=N–C) groups is 1. The first-order valence-electron chi connectivity index (χ1n) is 8.61. The molecule has 0 spiro atoms. The number of benzene rings is 1. The molecule has 1 aliphatic carbocycles. The second-order valence-electron chi connectivity index (χ2n) is 5.74. The Labute approximate surface area is 162 Å². The molecule has 136 valence electrons. The Kier molecular flexibility index (Phi) is 9.90. The molecule has 1 aliphatic rings. The van der Waals surface area contributed by atoms with E-state index in [9.17, 15) is 0 Å². The van der Waals surface area contributed by atoms with Gasteiger partial charge in [0.1, 0.15) is 0 Å². The second-order valence-corrected chi connectivity index (χ2v) is 5.74. The summed E-state index contributed by atoms with van der Waals surface area (Å²) in [4.78, 5) is 4.70. The number of guanidine groups is 1. The molecule has 6 heteroatoms. The van der Waals surface area contributed by atoms with Crippen LogP contribution in [0.25, 0.3) is 0 Å². The lowest BCUT2D eigenvalue weighted by molar-refractivity contribution is 0.310. The number of nitrogens with one attached hydrogen (secondary N) is 2. The van der Waals surface area contributed by atoms with Crippen LogP contribution in [0.3, 0.4) is 0 Å². The number of nitrogens with zero attached hydrogens (tertiary/aromatic N) is 1. The fourth-order valence-corrected chi connectivity index (χ4v) is 2.84. The molecule has 0 atom stereocenters. The van der Waals surface area contributed by atoms with Crippen molar-refractivity contribution in [2.75, 3.05) is 20.3 Å². The second kappa shape index (κ2) is 11.4. The van der Waals surface area contributed by atoms with Crippen LogP contribution in [0.5, 0.6) is 11.5 Å². The van der Waals surface area contributed by atoms with Crippen LogP contribution in [0.1, 0.15) is 45.1 Å². The zero-order valence-corrected chi connectivity index (χ0v) is 17.3. The molecular formula is C18H30IN3O2. The number of methoxy groups -OCH3 is 1. The van der Waals surface area contributed by atoms with Crippen molar-refractivity contribution < 1.29 is 9.47 Å². The van der Waals surface area contributed by atoms with E-state index >= 15 is 0 Å². The van der Waals surface area contributed by atoms with Crippen LogP contribution < -0.4 is 20.1 Å². The smallest absolute Gasteiger partial charge is 0.191 e. The number of hydrogen-bond donors (Lipinski definition) is 2. The van der Waals surface area contributed by atoms with Gasteiger partial charge in [0, 0.05) is 12.6 Å². The van der Waals surface area contributed by atoms with E-state index in [0.717, 1.165) is 29.6 Å². The maximum absolute atomic E-state index is 5.55. The zero-order valence-electron chi connectivity index (χ0n) is 14.9. The summed E-state index contributed by atoms with van der Waals surface area (Å²) in [6.07, 6.45) is 5.10. The molecule has 1 aromatic rings. The fraction of sp³-hybridized carbons (Fsp3) is 0.611. The zero-order chi connectivity index (χ0) is 16.5. The average molecular weight is 447 g/mol. The van der Waals surface area contributed by atoms with Crippen molar-refractivity contribution in [1.29, 1.82) is 0 Å². The highest BCUT2D eigenvalue weighted by Gasteiger charge is 2.15. The monoisotopic (exact) mass is 447 g/mol. The third kappa shape index (κ3) is 6.37. The Bertz CT molecular complexity index is 517. The van der Waals surface area contributed by atoms with E-state index in [4.69, 9.17) is 14.5 Å². The van der Waals surface area contributed by atoms with E-state index in [0.29, 0.717) is 19.2 Å². The minimum atomic E-state index is 0. The topological polar surface area (TPSA) is 54.9 Å². The summed E-state index contributed by atoms with van der Waals surface area (Å²) in [5.74, 6) is 2.43. The van der Waals surface area contributed by atoms with Gasteiger partial charge in [0.05, 0.1) is 20.3 Å². The molecule has 0 amide bonds. The van der Waals surface area contributed by atoms with Crippen LogP contribution in [0.2, 0.25) is 0 Å². The third-order valence-electron chi connectivity index (χ3n) is 3.99. The normalized spacial score (nSPS) is 14.9. The molecule has 0 radical (unpaired) electrons. The van der Waals surface area contributed by atoms with Gasteiger partial charge in [-0.05, 0) is 44.4 Å². The summed E-state index contributed by atoms with van der Waals surface area (Å²) in [6.45, 7) is 6.17. The molecule has 0 aliphatic heterocycles. The molecule has 1 aromatic carbocycles. The van der Waals surface area contributed by atoms with Gasteiger partial charge in [-0.25, -0.2) is 4.99 Å². The van der Waals surface area contributed by atoms with E-state index in [1.807, 2.05) is 25.1 Å². The van der Waals surface area contributed by atoms with Crippen molar-refractivity contribution >= 4 is 29.9 Å². The molecule has 1 saturated carbocycles. The van der Waals surface area contributed by atoms with Gasteiger partial charge in [-0.2, -0.15) is 0 Å². The largest absolute Gasteiger partial charge is 0.493 e. The summed E-state index contributed by atoms with van der Waals surface area (Å²) in [6, 6.07) is 6.54. The van der Waals surface area contributed by atoms with E-state index in [1.165, 1.54) is 25.7 Å². The van der Waals surface area contributed by atoms with Crippen molar-refractivity contribution in [3.05, 3.63) is 23.8 Å². The van der Waals surface area contributed by atoms with Crippen LogP contribution in [-0.2, 0) is 6.54 Å². The van der Waals surface area contributed by atoms with Gasteiger partial charge in [0.2, 0.25) is 0 Å². The van der Waals surface area contributed by atoms with Gasteiger partial charge in [0.15, 0.2) is 17.5 Å². The lowest BCUT2D eigenvalue weighted by atomic mass is 10.2. The first-order chi connectivity index (χ1) is 11.3. The molecule has 1 fully saturated rings. The van der Waals surface area contributed by atoms with E-state index < -0.39 is 0 Å². The molecule has 0 aromatic heterocycles. The highest BCUT2D eigenvalue weighted by molar-refractivity contribution is 14.0. The van der Waals surface area contributed by atoms with Gasteiger partial charge in [-0.1, -0.05) is 18.9 Å². The summed E-state index contributed by atoms with van der Waals surface area (Å²) in [5.41, 5.74) is 1.11. The Balaban J connectivity index is 0.00000288. The molecular weight excluding hydrogens is 417 g/mol. The number of halogens is 1. The lowest BCUT2D eigenvalue weighted by Crippen LogP contribution is -2.42. The molecule has 2 N–H and O–H groups in total. The minimum absolute atomic E-state index is 0. The lowest BCUT2D eigenvalue weighted by Gasteiger charge is -2.16. The number of hydrogen-bond acceptors (Lipinski definition) is 3. The first kappa shape index (κ1) is 20.9. The summed E-state index contributed by atoms with van der Waals surface area (Å²) < 4.78 is 10.9. The summed E-state index contributed by atoms with van der Waals surface area (Å²) >= 11 is 0. The predicted molar refractivity (Wildman–Crippen MR) is 110 cm³/mol. The molecule has 0 heterocycles. The first-order valence-corrected chi connectivity index (χ1v) is 8.61. The molecule has 24 heavy (non-hydrogen) atoms. The SMILES string of the molecule is CCNC(=NCc1ccc(OCC)c(OC)c1)NC1CCCC1.I. The molecule has 0 unspecified atom stereocenters. The van der Waals surface area contributed by atoms with E-state index in [-0.39, 0.29) is 24.0 Å². The van der Waals surface area contributed by atoms with Crippen LogP contribution in [0, 0.1) is 0 Å². The highest BCUT2D eigenvalue weighted by atomic mass is 127. The van der Waals surface area contributed by atoms with E-state index in [2.05, 4.69) is 17.6 Å². The Morgan fingerprint density at radius 3 is 2.58 bits per heavy atom. The standard InChI is InChI=1S/C18H29N3O2.HI/c1-4-19-18(21-15-8-6-7-9-15)20-13-14-10-11-16(23-5-2)17(12-14)22-3;/h10-12,15H,4-9,13H2,1-3H3,(H2,19,20,21);1H. The van der Waals surface area contributed by atoms with Crippen molar-refractivity contribution in [1.82, 2.24) is 10.6 Å². The van der Waals surface area contributed by atoms with Gasteiger partial charge in [-0.15, -0.1) is 24.0 Å². The Hall–Kier alpha value is -1.18. The quantitative estimate of drug-likeness (QED) is 0.380. The molecule has 5 nitrogen and oxygen atoms in total. The third-order valence-corrected chi connectivity index (χ3v) is 3.99. The van der Waals surface area contributed by atoms with Gasteiger partial charge in [-0.3, -0.25) is 0 Å². The van der Waals surface area contributed by atoms with Crippen molar-refractivity contribution in [3.63, 3.8) is 0 Å². The van der Waals surface area contributed by atoms with Gasteiger partial charge >= 0.3 is 0 Å². The summed E-state index contributed by atoms with van der Waals surface area (Å²) in [5, 5.41) is 6.85. The van der Waals surface area contributed by atoms with Crippen LogP contribution >= 0.6 is 24.0 Å². The minimum Gasteiger partial charge on any atom is -0.493 e. The molecule has 0 bridgehead atoms. The van der Waals surface area contributed by atoms with Crippen LogP contribution in [0.4, 0.5) is 0 Å². The van der Waals surface area contributed by atoms with Crippen LogP contribution in [0.15, 0.2) is 23.2 Å². The maximum Gasteiger partial charge on any atom is 0.191 e. The molecule has 0 saturated heterocycles. The highest BCUT2D eigenvalue weighted by Crippen LogP contribution is 2.28. The van der Waals surface area contributed by atoms with E-state index in [1.54, 1.807) is 7.11 Å². The fourth-order valence-electron chi connectivity index (χ4n) is 2.84. The predicted octanol–water partition coefficient (Wildman–Crippen LogP) is 3.71. The van der Waals surface area contributed by atoms with Crippen LogP contribution in [-0.4, -0.2) is 32.3 Å². The number of ether oxygens (including phenoxy) is 2. The van der Waals surface area contributed by atoms with Crippen molar-refractivity contribution in [3.8, 4) is 11.5 Å². The Morgan fingerprint density at radius 1 is 1.21 bits per heavy atom. The van der Waals surface area contributed by atoms with Crippen molar-refractivity contribution in [2.24, 2.45) is 4.99 Å². The maximum atomic E-state index is 5.55. The average Bonchev–Trinajstić information content (AvgIpc) is 3.07. The number of rotatable bonds is 7.